The lowest BCUT2D eigenvalue weighted by molar-refractivity contribution is 0.564. The molecule has 0 amide bonds. The molecular formula is C6H7NOS2. The fourth-order valence-corrected chi connectivity index (χ4v) is 2.76. The van der Waals surface area contributed by atoms with Crippen LogP contribution in [0.15, 0.2) is 15.3 Å². The Morgan fingerprint density at radius 3 is 3.20 bits per heavy atom. The zero-order valence-electron chi connectivity index (χ0n) is 5.53. The van der Waals surface area contributed by atoms with Gasteiger partial charge in [-0.05, 0) is 12.3 Å². The third-order valence-electron chi connectivity index (χ3n) is 1.01. The summed E-state index contributed by atoms with van der Waals surface area (Å²) < 4.78 is 0.580. The summed E-state index contributed by atoms with van der Waals surface area (Å²) >= 11 is 3.52. The molecule has 0 aliphatic carbocycles. The van der Waals surface area contributed by atoms with E-state index in [1.54, 1.807) is 23.5 Å². The molecule has 10 heavy (non-hydrogen) atoms. The molecule has 0 bridgehead atoms. The molecule has 1 heterocycles. The van der Waals surface area contributed by atoms with Crippen LogP contribution in [0.4, 0.5) is 0 Å². The number of carbonyl (C=O) groups excluding carboxylic acids is 1. The normalized spacial score (nSPS) is 23.7. The summed E-state index contributed by atoms with van der Waals surface area (Å²) in [6.45, 7) is 2.63. The van der Waals surface area contributed by atoms with Crippen molar-refractivity contribution in [3.8, 4) is 0 Å². The van der Waals surface area contributed by atoms with E-state index in [-0.39, 0.29) is 0 Å². The molecule has 0 aromatic heterocycles. The fraction of sp³-hybridized carbons (Fsp3) is 0.500. The molecule has 0 spiro atoms. The molecule has 0 N–H and O–H groups in total. The minimum absolute atomic E-state index is 0.505. The first-order chi connectivity index (χ1) is 4.83. The number of thioether (sulfide) groups is 2. The minimum atomic E-state index is 0.505. The van der Waals surface area contributed by atoms with Gasteiger partial charge < -0.3 is 0 Å². The van der Waals surface area contributed by atoms with Crippen LogP contribution in [0.1, 0.15) is 6.92 Å². The van der Waals surface area contributed by atoms with Crippen LogP contribution in [0.3, 0.4) is 0 Å². The molecule has 0 radical (unpaired) electrons. The Labute approximate surface area is 68.2 Å². The largest absolute Gasteiger partial charge is 0.235 e. The average molecular weight is 173 g/mol. The third-order valence-corrected chi connectivity index (χ3v) is 3.46. The van der Waals surface area contributed by atoms with Crippen LogP contribution >= 0.6 is 23.5 Å². The molecule has 0 saturated carbocycles. The first-order valence-corrected chi connectivity index (χ1v) is 4.70. The van der Waals surface area contributed by atoms with E-state index in [4.69, 9.17) is 0 Å². The van der Waals surface area contributed by atoms with Crippen molar-refractivity contribution in [3.05, 3.63) is 10.3 Å². The molecule has 1 aliphatic rings. The van der Waals surface area contributed by atoms with Crippen molar-refractivity contribution in [2.45, 2.75) is 11.5 Å². The lowest BCUT2D eigenvalue weighted by atomic mass is 10.6. The topological polar surface area (TPSA) is 29.4 Å². The first-order valence-electron chi connectivity index (χ1n) is 2.87. The van der Waals surface area contributed by atoms with Crippen LogP contribution in [0.5, 0.6) is 0 Å². The molecular weight excluding hydrogens is 166 g/mol. The highest BCUT2D eigenvalue weighted by Crippen LogP contribution is 2.39. The summed E-state index contributed by atoms with van der Waals surface area (Å²) in [6, 6.07) is 0. The molecule has 1 unspecified atom stereocenters. The Hall–Kier alpha value is -0.180. The number of hydrogen-bond acceptors (Lipinski definition) is 4. The van der Waals surface area contributed by atoms with Gasteiger partial charge in [0.2, 0.25) is 6.08 Å². The summed E-state index contributed by atoms with van der Waals surface area (Å²) in [5, 5.41) is 2.05. The number of aliphatic imine (C=N–C) groups is 1. The van der Waals surface area contributed by atoms with Crippen molar-refractivity contribution in [3.63, 3.8) is 0 Å². The van der Waals surface area contributed by atoms with Crippen molar-refractivity contribution in [2.24, 2.45) is 4.99 Å². The van der Waals surface area contributed by atoms with Gasteiger partial charge in [0.15, 0.2) is 0 Å². The molecule has 4 heteroatoms. The fourth-order valence-electron chi connectivity index (χ4n) is 0.625. The van der Waals surface area contributed by atoms with E-state index in [2.05, 4.69) is 17.3 Å². The van der Waals surface area contributed by atoms with Crippen molar-refractivity contribution in [1.82, 2.24) is 0 Å². The van der Waals surface area contributed by atoms with Gasteiger partial charge in [0, 0.05) is 4.91 Å². The summed E-state index contributed by atoms with van der Waals surface area (Å²) in [4.78, 5) is 14.4. The Morgan fingerprint density at radius 2 is 2.70 bits per heavy atom. The van der Waals surface area contributed by atoms with Crippen molar-refractivity contribution in [2.75, 3.05) is 6.54 Å². The van der Waals surface area contributed by atoms with Gasteiger partial charge in [-0.25, -0.2) is 9.79 Å². The number of hydrogen-bond donors (Lipinski definition) is 0. The van der Waals surface area contributed by atoms with Gasteiger partial charge in [-0.3, -0.25) is 0 Å². The monoisotopic (exact) mass is 173 g/mol. The van der Waals surface area contributed by atoms with Crippen molar-refractivity contribution < 1.29 is 4.79 Å². The Morgan fingerprint density at radius 1 is 1.90 bits per heavy atom. The maximum absolute atomic E-state index is 9.71. The SMILES string of the molecule is CC1SC=C(CN=C=O)S1. The van der Waals surface area contributed by atoms with Gasteiger partial charge in [-0.1, -0.05) is 0 Å². The first kappa shape index (κ1) is 7.92. The van der Waals surface area contributed by atoms with Crippen LogP contribution in [-0.2, 0) is 4.79 Å². The zero-order valence-corrected chi connectivity index (χ0v) is 7.17. The molecule has 1 aliphatic heterocycles. The second kappa shape index (κ2) is 3.86. The van der Waals surface area contributed by atoms with E-state index in [0.717, 1.165) is 0 Å². The van der Waals surface area contributed by atoms with E-state index in [1.807, 2.05) is 0 Å². The predicted octanol–water partition coefficient (Wildman–Crippen LogP) is 1.99. The van der Waals surface area contributed by atoms with E-state index in [9.17, 15) is 4.79 Å². The summed E-state index contributed by atoms with van der Waals surface area (Å²) in [6.07, 6.45) is 1.52. The van der Waals surface area contributed by atoms with Gasteiger partial charge in [0.1, 0.15) is 0 Å². The van der Waals surface area contributed by atoms with Crippen LogP contribution in [-0.4, -0.2) is 17.2 Å². The second-order valence-electron chi connectivity index (χ2n) is 1.81. The zero-order chi connectivity index (χ0) is 7.40. The lowest BCUT2D eigenvalue weighted by Crippen LogP contribution is -1.82. The predicted molar refractivity (Wildman–Crippen MR) is 45.7 cm³/mol. The Kier molecular flexibility index (Phi) is 3.06. The number of isocyanates is 1. The average Bonchev–Trinajstić information content (AvgIpc) is 2.31. The molecule has 1 rings (SSSR count). The van der Waals surface area contributed by atoms with E-state index in [0.29, 0.717) is 11.1 Å². The molecule has 0 aromatic carbocycles. The van der Waals surface area contributed by atoms with Gasteiger partial charge in [0.25, 0.3) is 0 Å². The molecule has 2 nitrogen and oxygen atoms in total. The number of nitrogens with zero attached hydrogens (tertiary/aromatic N) is 1. The van der Waals surface area contributed by atoms with Gasteiger partial charge >= 0.3 is 0 Å². The van der Waals surface area contributed by atoms with Crippen LogP contribution < -0.4 is 0 Å². The van der Waals surface area contributed by atoms with Crippen LogP contribution in [0.2, 0.25) is 0 Å². The standard InChI is InChI=1S/C6H7NOS2/c1-5-9-3-6(10-5)2-7-4-8/h3,5H,2H2,1H3. The highest BCUT2D eigenvalue weighted by molar-refractivity contribution is 8.22. The van der Waals surface area contributed by atoms with Gasteiger partial charge in [0.05, 0.1) is 11.1 Å². The Balaban J connectivity index is 2.37. The highest BCUT2D eigenvalue weighted by Gasteiger charge is 2.12. The molecule has 0 fully saturated rings. The highest BCUT2D eigenvalue weighted by atomic mass is 32.2. The molecule has 54 valence electrons. The summed E-state index contributed by atoms with van der Waals surface area (Å²) in [5.41, 5.74) is 0. The van der Waals surface area contributed by atoms with E-state index < -0.39 is 0 Å². The maximum Gasteiger partial charge on any atom is 0.235 e. The quantitative estimate of drug-likeness (QED) is 0.472. The maximum atomic E-state index is 9.71. The summed E-state index contributed by atoms with van der Waals surface area (Å²) in [5.74, 6) is 0. The van der Waals surface area contributed by atoms with Gasteiger partial charge in [-0.15, -0.1) is 23.5 Å². The molecule has 1 atom stereocenters. The van der Waals surface area contributed by atoms with Crippen LogP contribution in [0.25, 0.3) is 0 Å². The van der Waals surface area contributed by atoms with E-state index in [1.165, 1.54) is 11.0 Å². The van der Waals surface area contributed by atoms with Gasteiger partial charge in [-0.2, -0.15) is 0 Å². The van der Waals surface area contributed by atoms with E-state index >= 15 is 0 Å². The van der Waals surface area contributed by atoms with Crippen LogP contribution in [0, 0.1) is 0 Å². The Bertz CT molecular complexity index is 196. The smallest absolute Gasteiger partial charge is 0.211 e. The second-order valence-corrected chi connectivity index (χ2v) is 4.79. The molecule has 0 saturated heterocycles. The third kappa shape index (κ3) is 2.21. The number of rotatable bonds is 2. The molecule has 0 aromatic rings. The minimum Gasteiger partial charge on any atom is -0.211 e. The van der Waals surface area contributed by atoms with Crippen molar-refractivity contribution in [1.29, 1.82) is 0 Å². The van der Waals surface area contributed by atoms with Crippen molar-refractivity contribution >= 4 is 29.6 Å². The lowest BCUT2D eigenvalue weighted by Gasteiger charge is -1.96. The summed E-state index contributed by atoms with van der Waals surface area (Å²) in [7, 11) is 0.